The maximum atomic E-state index is 12.3. The summed E-state index contributed by atoms with van der Waals surface area (Å²) in [6.45, 7) is 2.31. The number of alkyl carbamates (subject to hydrolysis) is 1. The Morgan fingerprint density at radius 3 is 2.27 bits per heavy atom. The fourth-order valence-corrected chi connectivity index (χ4v) is 3.57. The van der Waals surface area contributed by atoms with Gasteiger partial charge in [-0.15, -0.1) is 0 Å². The Morgan fingerprint density at radius 1 is 1.00 bits per heavy atom. The second-order valence-corrected chi connectivity index (χ2v) is 8.05. The van der Waals surface area contributed by atoms with Gasteiger partial charge in [-0.2, -0.15) is 0 Å². The number of rotatable bonds is 10. The van der Waals surface area contributed by atoms with Crippen LogP contribution in [0.5, 0.6) is 0 Å². The lowest BCUT2D eigenvalue weighted by Crippen LogP contribution is -2.39. The van der Waals surface area contributed by atoms with Gasteiger partial charge in [-0.25, -0.2) is 4.79 Å². The number of carbonyl (C=O) groups excluding carboxylic acids is 2. The Labute approximate surface area is 186 Å². The summed E-state index contributed by atoms with van der Waals surface area (Å²) in [5, 5.41) is 5.78. The van der Waals surface area contributed by atoms with E-state index in [0.29, 0.717) is 23.1 Å². The highest BCUT2D eigenvalue weighted by Crippen LogP contribution is 2.11. The summed E-state index contributed by atoms with van der Waals surface area (Å²) < 4.78 is 10.7. The van der Waals surface area contributed by atoms with Gasteiger partial charge in [-0.05, 0) is 24.5 Å². The van der Waals surface area contributed by atoms with Crippen molar-refractivity contribution >= 4 is 40.4 Å². The van der Waals surface area contributed by atoms with E-state index in [0.717, 1.165) is 11.1 Å². The Morgan fingerprint density at radius 2 is 1.63 bits per heavy atom. The first kappa shape index (κ1) is 23.7. The first-order chi connectivity index (χ1) is 14.6. The van der Waals surface area contributed by atoms with Gasteiger partial charge in [0, 0.05) is 11.8 Å². The van der Waals surface area contributed by atoms with Crippen molar-refractivity contribution in [1.29, 1.82) is 0 Å². The SMILES string of the molecule is CCOC(=O)CNC(=S)SC[C@H](Cc1ccccc1)NC(=O)OCc1ccccc1. The van der Waals surface area contributed by atoms with Crippen molar-refractivity contribution in [2.24, 2.45) is 0 Å². The number of thioether (sulfide) groups is 1. The zero-order valence-electron chi connectivity index (χ0n) is 16.8. The van der Waals surface area contributed by atoms with Crippen LogP contribution in [-0.4, -0.2) is 41.3 Å². The third kappa shape index (κ3) is 9.76. The Balaban J connectivity index is 1.85. The summed E-state index contributed by atoms with van der Waals surface area (Å²) in [5.74, 6) is 0.174. The maximum absolute atomic E-state index is 12.3. The van der Waals surface area contributed by atoms with Gasteiger partial charge in [0.15, 0.2) is 0 Å². The first-order valence-corrected chi connectivity index (χ1v) is 11.0. The summed E-state index contributed by atoms with van der Waals surface area (Å²) in [4.78, 5) is 23.7. The minimum absolute atomic E-state index is 0.0234. The van der Waals surface area contributed by atoms with Gasteiger partial charge >= 0.3 is 12.1 Å². The third-order valence-electron chi connectivity index (χ3n) is 3.96. The van der Waals surface area contributed by atoms with Crippen molar-refractivity contribution in [3.63, 3.8) is 0 Å². The Bertz CT molecular complexity index is 803. The van der Waals surface area contributed by atoms with Crippen LogP contribution in [0.25, 0.3) is 0 Å². The van der Waals surface area contributed by atoms with Crippen molar-refractivity contribution < 1.29 is 19.1 Å². The molecule has 1 atom stereocenters. The van der Waals surface area contributed by atoms with Gasteiger partial charge in [0.25, 0.3) is 0 Å². The fraction of sp³-hybridized carbons (Fsp3) is 0.318. The molecule has 0 heterocycles. The number of amides is 1. The zero-order chi connectivity index (χ0) is 21.6. The van der Waals surface area contributed by atoms with Crippen LogP contribution in [0.1, 0.15) is 18.1 Å². The number of carbonyl (C=O) groups is 2. The van der Waals surface area contributed by atoms with E-state index in [4.69, 9.17) is 21.7 Å². The molecule has 0 aliphatic heterocycles. The molecule has 6 nitrogen and oxygen atoms in total. The predicted molar refractivity (Wildman–Crippen MR) is 123 cm³/mol. The highest BCUT2D eigenvalue weighted by molar-refractivity contribution is 8.23. The summed E-state index contributed by atoms with van der Waals surface area (Å²) >= 11 is 6.63. The Kier molecular flexibility index (Phi) is 10.7. The predicted octanol–water partition coefficient (Wildman–Crippen LogP) is 3.69. The zero-order valence-corrected chi connectivity index (χ0v) is 18.5. The van der Waals surface area contributed by atoms with Gasteiger partial charge in [-0.3, -0.25) is 4.79 Å². The summed E-state index contributed by atoms with van der Waals surface area (Å²) in [6.07, 6.45) is 0.153. The molecule has 0 saturated carbocycles. The molecule has 0 radical (unpaired) electrons. The average molecular weight is 447 g/mol. The first-order valence-electron chi connectivity index (χ1n) is 9.64. The van der Waals surface area contributed by atoms with Gasteiger partial charge in [0.2, 0.25) is 0 Å². The monoisotopic (exact) mass is 446 g/mol. The Hall–Kier alpha value is -2.58. The van der Waals surface area contributed by atoms with Crippen molar-refractivity contribution in [1.82, 2.24) is 10.6 Å². The normalized spacial score (nSPS) is 11.2. The molecule has 30 heavy (non-hydrogen) atoms. The fourth-order valence-electron chi connectivity index (χ4n) is 2.57. The molecule has 1 amide bonds. The van der Waals surface area contributed by atoms with Crippen molar-refractivity contribution in [2.45, 2.75) is 26.0 Å². The third-order valence-corrected chi connectivity index (χ3v) is 5.43. The molecule has 2 N–H and O–H groups in total. The number of benzene rings is 2. The van der Waals surface area contributed by atoms with Crippen LogP contribution in [0, 0.1) is 0 Å². The van der Waals surface area contributed by atoms with Crippen molar-refractivity contribution in [2.75, 3.05) is 18.9 Å². The van der Waals surface area contributed by atoms with Gasteiger partial charge < -0.3 is 20.1 Å². The quantitative estimate of drug-likeness (QED) is 0.426. The lowest BCUT2D eigenvalue weighted by Gasteiger charge is -2.19. The van der Waals surface area contributed by atoms with Crippen LogP contribution < -0.4 is 10.6 Å². The molecule has 2 aromatic rings. The highest BCUT2D eigenvalue weighted by atomic mass is 32.2. The lowest BCUT2D eigenvalue weighted by molar-refractivity contribution is -0.141. The molecule has 0 bridgehead atoms. The van der Waals surface area contributed by atoms with E-state index in [9.17, 15) is 9.59 Å². The van der Waals surface area contributed by atoms with Crippen LogP contribution in [0.2, 0.25) is 0 Å². The van der Waals surface area contributed by atoms with E-state index in [1.165, 1.54) is 11.8 Å². The molecule has 0 spiro atoms. The number of ether oxygens (including phenoxy) is 2. The van der Waals surface area contributed by atoms with E-state index in [-0.39, 0.29) is 25.2 Å². The molecular weight excluding hydrogens is 420 g/mol. The molecule has 8 heteroatoms. The minimum Gasteiger partial charge on any atom is -0.465 e. The van der Waals surface area contributed by atoms with E-state index in [2.05, 4.69) is 10.6 Å². The average Bonchev–Trinajstić information content (AvgIpc) is 2.76. The van der Waals surface area contributed by atoms with Crippen LogP contribution in [-0.2, 0) is 27.3 Å². The van der Waals surface area contributed by atoms with E-state index < -0.39 is 6.09 Å². The maximum Gasteiger partial charge on any atom is 0.407 e. The number of thiocarbonyl (C=S) groups is 1. The number of esters is 1. The van der Waals surface area contributed by atoms with Gasteiger partial charge in [0.1, 0.15) is 17.5 Å². The molecule has 0 unspecified atom stereocenters. The molecular formula is C22H26N2O4S2. The lowest BCUT2D eigenvalue weighted by atomic mass is 10.1. The van der Waals surface area contributed by atoms with Crippen LogP contribution >= 0.6 is 24.0 Å². The molecule has 160 valence electrons. The second-order valence-electron chi connectivity index (χ2n) is 6.35. The van der Waals surface area contributed by atoms with Crippen molar-refractivity contribution in [3.05, 3.63) is 71.8 Å². The van der Waals surface area contributed by atoms with Crippen LogP contribution in [0.15, 0.2) is 60.7 Å². The van der Waals surface area contributed by atoms with Crippen molar-refractivity contribution in [3.8, 4) is 0 Å². The van der Waals surface area contributed by atoms with Gasteiger partial charge in [0.05, 0.1) is 6.61 Å². The number of hydrogen-bond donors (Lipinski definition) is 2. The molecule has 0 saturated heterocycles. The standard InChI is InChI=1S/C22H26N2O4S2/c1-2-27-20(25)14-23-22(29)30-16-19(13-17-9-5-3-6-10-17)24-21(26)28-15-18-11-7-4-8-12-18/h3-12,19H,2,13-16H2,1H3,(H,23,29)(H,24,26)/t19-/m0/s1. The minimum atomic E-state index is -0.481. The van der Waals surface area contributed by atoms with Gasteiger partial charge in [-0.1, -0.05) is 84.6 Å². The number of nitrogens with one attached hydrogen (secondary N) is 2. The van der Waals surface area contributed by atoms with Crippen LogP contribution in [0.3, 0.4) is 0 Å². The number of hydrogen-bond acceptors (Lipinski definition) is 6. The molecule has 2 rings (SSSR count). The summed E-state index contributed by atoms with van der Waals surface area (Å²) in [7, 11) is 0. The largest absolute Gasteiger partial charge is 0.465 e. The molecule has 0 aliphatic rings. The summed E-state index contributed by atoms with van der Waals surface area (Å²) in [5.41, 5.74) is 2.02. The van der Waals surface area contributed by atoms with E-state index >= 15 is 0 Å². The molecule has 0 aromatic heterocycles. The molecule has 0 fully saturated rings. The second kappa shape index (κ2) is 13.6. The topological polar surface area (TPSA) is 76.7 Å². The highest BCUT2D eigenvalue weighted by Gasteiger charge is 2.16. The smallest absolute Gasteiger partial charge is 0.407 e. The van der Waals surface area contributed by atoms with E-state index in [1.54, 1.807) is 6.92 Å². The molecule has 2 aromatic carbocycles. The summed E-state index contributed by atoms with van der Waals surface area (Å²) in [6, 6.07) is 19.2. The van der Waals surface area contributed by atoms with Crippen LogP contribution in [0.4, 0.5) is 4.79 Å². The molecule has 0 aliphatic carbocycles. The van der Waals surface area contributed by atoms with E-state index in [1.807, 2.05) is 60.7 Å².